The first-order valence-corrected chi connectivity index (χ1v) is 9.20. The molecule has 1 saturated heterocycles. The van der Waals surface area contributed by atoms with Crippen LogP contribution < -0.4 is 10.6 Å². The van der Waals surface area contributed by atoms with Gasteiger partial charge in [0.05, 0.1) is 17.8 Å². The van der Waals surface area contributed by atoms with Crippen molar-refractivity contribution >= 4 is 30.7 Å². The zero-order valence-corrected chi connectivity index (χ0v) is 18.2. The highest BCUT2D eigenvalue weighted by atomic mass is 35.5. The molecule has 0 spiro atoms. The largest absolute Gasteiger partial charge is 0.349 e. The van der Waals surface area contributed by atoms with Gasteiger partial charge in [0, 0.05) is 6.54 Å². The second-order valence-electron chi connectivity index (χ2n) is 7.05. The molecule has 1 amide bonds. The molecule has 156 valence electrons. The second-order valence-corrected chi connectivity index (χ2v) is 7.05. The summed E-state index contributed by atoms with van der Waals surface area (Å²) < 4.78 is 1.91. The lowest BCUT2D eigenvalue weighted by molar-refractivity contribution is 0.0936. The molecule has 0 aliphatic carbocycles. The lowest BCUT2D eigenvalue weighted by Gasteiger charge is -2.25. The molecule has 2 aromatic rings. The number of hydrogen-bond acceptors (Lipinski definition) is 5. The Morgan fingerprint density at radius 2 is 1.89 bits per heavy atom. The van der Waals surface area contributed by atoms with Gasteiger partial charge in [-0.2, -0.15) is 0 Å². The number of piperidine rings is 1. The van der Waals surface area contributed by atoms with Crippen LogP contribution in [0.25, 0.3) is 0 Å². The summed E-state index contributed by atoms with van der Waals surface area (Å²) in [5.41, 5.74) is 2.44. The van der Waals surface area contributed by atoms with Gasteiger partial charge in [0.1, 0.15) is 0 Å². The average molecular weight is 429 g/mol. The molecule has 1 aliphatic heterocycles. The Labute approximate surface area is 179 Å². The lowest BCUT2D eigenvalue weighted by atomic mass is 10.1. The van der Waals surface area contributed by atoms with Gasteiger partial charge in [-0.3, -0.25) is 4.79 Å². The van der Waals surface area contributed by atoms with Gasteiger partial charge in [-0.1, -0.05) is 35.5 Å². The number of aromatic nitrogens is 3. The van der Waals surface area contributed by atoms with E-state index in [-0.39, 0.29) is 36.8 Å². The first-order valence-electron chi connectivity index (χ1n) is 9.20. The maximum Gasteiger partial charge on any atom is 0.273 e. The summed E-state index contributed by atoms with van der Waals surface area (Å²) >= 11 is 0. The number of carbonyl (C=O) groups excluding carboxylic acids is 1. The van der Waals surface area contributed by atoms with Gasteiger partial charge >= 0.3 is 0 Å². The van der Waals surface area contributed by atoms with Crippen LogP contribution >= 0.6 is 24.8 Å². The van der Waals surface area contributed by atoms with E-state index in [1.165, 1.54) is 5.56 Å². The topological polar surface area (TPSA) is 75.1 Å². The number of halogens is 2. The number of rotatable bonds is 6. The predicted molar refractivity (Wildman–Crippen MR) is 116 cm³/mol. The standard InChI is InChI=1S/C19H28N6O.2ClH/c1-14-18(22-23-25(14)16-9-11-20-12-10-16)19(26)21-13-17(24(2)3)15-7-5-4-6-8-15;;/h4-8,16-17,20H,9-13H2,1-3H3,(H,21,26);2*1H. The third-order valence-electron chi connectivity index (χ3n) is 5.06. The van der Waals surface area contributed by atoms with Crippen molar-refractivity contribution in [3.05, 3.63) is 47.3 Å². The van der Waals surface area contributed by atoms with Crippen molar-refractivity contribution < 1.29 is 4.79 Å². The molecule has 3 rings (SSSR count). The van der Waals surface area contributed by atoms with E-state index in [1.54, 1.807) is 0 Å². The van der Waals surface area contributed by atoms with Gasteiger partial charge in [-0.25, -0.2) is 4.68 Å². The SMILES string of the molecule is Cc1c(C(=O)NCC(c2ccccc2)N(C)C)nnn1C1CCNCC1.Cl.Cl. The zero-order chi connectivity index (χ0) is 18.5. The van der Waals surface area contributed by atoms with E-state index >= 15 is 0 Å². The first kappa shape index (κ1) is 24.4. The summed E-state index contributed by atoms with van der Waals surface area (Å²) in [4.78, 5) is 14.8. The van der Waals surface area contributed by atoms with Crippen LogP contribution in [-0.4, -0.2) is 59.5 Å². The maximum atomic E-state index is 12.7. The molecule has 0 saturated carbocycles. The maximum absolute atomic E-state index is 12.7. The van der Waals surface area contributed by atoms with E-state index in [1.807, 2.05) is 43.9 Å². The van der Waals surface area contributed by atoms with Gasteiger partial charge in [-0.15, -0.1) is 29.9 Å². The molecule has 7 nitrogen and oxygen atoms in total. The lowest BCUT2D eigenvalue weighted by Crippen LogP contribution is -2.35. The first-order chi connectivity index (χ1) is 12.6. The Kier molecular flexibility index (Phi) is 9.89. The predicted octanol–water partition coefficient (Wildman–Crippen LogP) is 2.39. The van der Waals surface area contributed by atoms with Crippen molar-refractivity contribution in [1.29, 1.82) is 0 Å². The van der Waals surface area contributed by atoms with Crippen molar-refractivity contribution in [3.8, 4) is 0 Å². The minimum absolute atomic E-state index is 0. The number of nitrogens with one attached hydrogen (secondary N) is 2. The zero-order valence-electron chi connectivity index (χ0n) is 16.6. The molecule has 0 radical (unpaired) electrons. The molecule has 28 heavy (non-hydrogen) atoms. The Morgan fingerprint density at radius 1 is 1.25 bits per heavy atom. The van der Waals surface area contributed by atoms with Gasteiger partial charge in [0.25, 0.3) is 5.91 Å². The summed E-state index contributed by atoms with van der Waals surface area (Å²) in [6, 6.07) is 10.6. The minimum atomic E-state index is -0.162. The van der Waals surface area contributed by atoms with E-state index in [4.69, 9.17) is 0 Å². The van der Waals surface area contributed by atoms with Crippen molar-refractivity contribution in [2.75, 3.05) is 33.7 Å². The van der Waals surface area contributed by atoms with Crippen LogP contribution in [0.5, 0.6) is 0 Å². The van der Waals surface area contributed by atoms with E-state index in [0.717, 1.165) is 31.6 Å². The van der Waals surface area contributed by atoms with Crippen molar-refractivity contribution in [2.45, 2.75) is 31.8 Å². The molecule has 2 heterocycles. The molecule has 1 atom stereocenters. The Bertz CT molecular complexity index is 731. The number of likely N-dealkylation sites (N-methyl/N-ethyl adjacent to an activating group) is 1. The molecule has 1 aromatic carbocycles. The van der Waals surface area contributed by atoms with Crippen LogP contribution in [0.2, 0.25) is 0 Å². The van der Waals surface area contributed by atoms with E-state index < -0.39 is 0 Å². The van der Waals surface area contributed by atoms with Crippen LogP contribution in [0.15, 0.2) is 30.3 Å². The number of benzene rings is 1. The van der Waals surface area contributed by atoms with Crippen LogP contribution in [0, 0.1) is 6.92 Å². The second kappa shape index (κ2) is 11.4. The normalized spacial score (nSPS) is 15.4. The monoisotopic (exact) mass is 428 g/mol. The highest BCUT2D eigenvalue weighted by Crippen LogP contribution is 2.21. The summed E-state index contributed by atoms with van der Waals surface area (Å²) in [6.45, 7) is 4.41. The minimum Gasteiger partial charge on any atom is -0.349 e. The fraction of sp³-hybridized carbons (Fsp3) is 0.526. The van der Waals surface area contributed by atoms with Crippen LogP contribution in [0.1, 0.15) is 46.7 Å². The number of hydrogen-bond donors (Lipinski definition) is 2. The van der Waals surface area contributed by atoms with Crippen molar-refractivity contribution in [1.82, 2.24) is 30.5 Å². The van der Waals surface area contributed by atoms with Crippen LogP contribution in [0.4, 0.5) is 0 Å². The molecule has 0 bridgehead atoms. The molecule has 1 unspecified atom stereocenters. The molecular weight excluding hydrogens is 399 g/mol. The summed E-state index contributed by atoms with van der Waals surface area (Å²) in [6.07, 6.45) is 2.03. The van der Waals surface area contributed by atoms with E-state index in [9.17, 15) is 4.79 Å². The van der Waals surface area contributed by atoms with Gasteiger partial charge in [0.2, 0.25) is 0 Å². The molecule has 9 heteroatoms. The summed E-state index contributed by atoms with van der Waals surface area (Å²) in [7, 11) is 4.03. The number of nitrogens with zero attached hydrogens (tertiary/aromatic N) is 4. The average Bonchev–Trinajstić information content (AvgIpc) is 3.04. The van der Waals surface area contributed by atoms with E-state index in [0.29, 0.717) is 18.3 Å². The Morgan fingerprint density at radius 3 is 2.50 bits per heavy atom. The van der Waals surface area contributed by atoms with Gasteiger partial charge < -0.3 is 15.5 Å². The third-order valence-corrected chi connectivity index (χ3v) is 5.06. The Balaban J connectivity index is 0.00000196. The number of carbonyl (C=O) groups is 1. The van der Waals surface area contributed by atoms with Gasteiger partial charge in [-0.05, 0) is 52.5 Å². The molecular formula is C19H30Cl2N6O. The molecule has 1 aliphatic rings. The molecule has 2 N–H and O–H groups in total. The highest BCUT2D eigenvalue weighted by Gasteiger charge is 2.23. The van der Waals surface area contributed by atoms with Crippen molar-refractivity contribution in [2.24, 2.45) is 0 Å². The summed E-state index contributed by atoms with van der Waals surface area (Å²) in [5, 5.41) is 14.8. The smallest absolute Gasteiger partial charge is 0.273 e. The van der Waals surface area contributed by atoms with Gasteiger partial charge in [0.15, 0.2) is 5.69 Å². The fourth-order valence-electron chi connectivity index (χ4n) is 3.50. The third kappa shape index (κ3) is 5.67. The quantitative estimate of drug-likeness (QED) is 0.738. The Hall–Kier alpha value is -1.67. The van der Waals surface area contributed by atoms with Crippen molar-refractivity contribution in [3.63, 3.8) is 0 Å². The summed E-state index contributed by atoms with van der Waals surface area (Å²) in [5.74, 6) is -0.162. The van der Waals surface area contributed by atoms with Crippen LogP contribution in [-0.2, 0) is 0 Å². The van der Waals surface area contributed by atoms with Crippen LogP contribution in [0.3, 0.4) is 0 Å². The molecule has 1 fully saturated rings. The highest BCUT2D eigenvalue weighted by molar-refractivity contribution is 5.93. The van der Waals surface area contributed by atoms with E-state index in [2.05, 4.69) is 38.0 Å². The molecule has 1 aromatic heterocycles. The fourth-order valence-corrected chi connectivity index (χ4v) is 3.50. The number of amides is 1.